The van der Waals surface area contributed by atoms with Gasteiger partial charge < -0.3 is 10.2 Å². The van der Waals surface area contributed by atoms with Crippen LogP contribution in [0.3, 0.4) is 0 Å². The van der Waals surface area contributed by atoms with Gasteiger partial charge in [-0.05, 0) is 57.3 Å². The lowest BCUT2D eigenvalue weighted by Crippen LogP contribution is -2.36. The topological polar surface area (TPSA) is 45.5 Å². The fraction of sp³-hybridized carbons (Fsp3) is 0.647. The molecule has 5 heteroatoms. The Kier molecular flexibility index (Phi) is 4.34. The van der Waals surface area contributed by atoms with E-state index in [4.69, 9.17) is 0 Å². The molecule has 0 aromatic carbocycles. The Labute approximate surface area is 132 Å². The molecule has 0 saturated heterocycles. The van der Waals surface area contributed by atoms with Gasteiger partial charge in [-0.25, -0.2) is 9.50 Å². The Morgan fingerprint density at radius 1 is 1.23 bits per heavy atom. The van der Waals surface area contributed by atoms with Gasteiger partial charge in [0.1, 0.15) is 11.8 Å². The molecule has 0 amide bonds. The third-order valence-electron chi connectivity index (χ3n) is 4.87. The second kappa shape index (κ2) is 6.24. The number of aromatic nitrogens is 3. The zero-order valence-corrected chi connectivity index (χ0v) is 14.1. The molecule has 22 heavy (non-hydrogen) atoms. The van der Waals surface area contributed by atoms with Gasteiger partial charge in [0.05, 0.1) is 0 Å². The largest absolute Gasteiger partial charge is 0.365 e. The first-order valence-corrected chi connectivity index (χ1v) is 8.31. The van der Waals surface area contributed by atoms with Gasteiger partial charge >= 0.3 is 0 Å². The van der Waals surface area contributed by atoms with E-state index >= 15 is 0 Å². The number of rotatable bonds is 4. The Balaban J connectivity index is 1.78. The van der Waals surface area contributed by atoms with Crippen LogP contribution < -0.4 is 5.32 Å². The lowest BCUT2D eigenvalue weighted by atomic mass is 9.90. The van der Waals surface area contributed by atoms with Crippen LogP contribution in [0.5, 0.6) is 0 Å². The normalized spacial score (nSPS) is 22.6. The SMILES string of the molecule is CC(C)c1ccn2ncnc(NC3CCC(N(C)C)CC3)c12. The Bertz CT molecular complexity index is 623. The maximum absolute atomic E-state index is 4.52. The molecule has 3 rings (SSSR count). The van der Waals surface area contributed by atoms with E-state index in [1.807, 2.05) is 10.7 Å². The van der Waals surface area contributed by atoms with Crippen molar-refractivity contribution in [3.05, 3.63) is 24.2 Å². The van der Waals surface area contributed by atoms with Crippen LogP contribution >= 0.6 is 0 Å². The number of hydrogen-bond donors (Lipinski definition) is 1. The number of fused-ring (bicyclic) bond motifs is 1. The van der Waals surface area contributed by atoms with E-state index in [2.05, 4.69) is 54.3 Å². The lowest BCUT2D eigenvalue weighted by molar-refractivity contribution is 0.221. The average molecular weight is 301 g/mol. The van der Waals surface area contributed by atoms with Crippen LogP contribution in [-0.2, 0) is 0 Å². The highest BCUT2D eigenvalue weighted by Crippen LogP contribution is 2.29. The Hall–Kier alpha value is -1.62. The Morgan fingerprint density at radius 3 is 2.59 bits per heavy atom. The van der Waals surface area contributed by atoms with Crippen molar-refractivity contribution in [2.75, 3.05) is 19.4 Å². The van der Waals surface area contributed by atoms with E-state index in [-0.39, 0.29) is 0 Å². The smallest absolute Gasteiger partial charge is 0.154 e. The monoisotopic (exact) mass is 301 g/mol. The van der Waals surface area contributed by atoms with Crippen molar-refractivity contribution in [1.29, 1.82) is 0 Å². The first-order chi connectivity index (χ1) is 10.6. The number of nitrogens with zero attached hydrogens (tertiary/aromatic N) is 4. The fourth-order valence-electron chi connectivity index (χ4n) is 3.48. The number of hydrogen-bond acceptors (Lipinski definition) is 4. The van der Waals surface area contributed by atoms with E-state index in [0.29, 0.717) is 12.0 Å². The zero-order chi connectivity index (χ0) is 15.7. The van der Waals surface area contributed by atoms with Gasteiger partial charge in [0.15, 0.2) is 5.82 Å². The molecule has 0 radical (unpaired) electrons. The predicted octanol–water partition coefficient (Wildman–Crippen LogP) is 3.14. The summed E-state index contributed by atoms with van der Waals surface area (Å²) in [6, 6.07) is 3.40. The summed E-state index contributed by atoms with van der Waals surface area (Å²) in [6.45, 7) is 4.43. The van der Waals surface area contributed by atoms with Gasteiger partial charge in [-0.15, -0.1) is 0 Å². The van der Waals surface area contributed by atoms with E-state index in [0.717, 1.165) is 17.4 Å². The third-order valence-corrected chi connectivity index (χ3v) is 4.87. The predicted molar refractivity (Wildman–Crippen MR) is 90.4 cm³/mol. The molecule has 0 atom stereocenters. The molecule has 2 aromatic rings. The van der Waals surface area contributed by atoms with E-state index in [1.165, 1.54) is 31.2 Å². The summed E-state index contributed by atoms with van der Waals surface area (Å²) in [6.07, 6.45) is 8.59. The molecule has 2 aromatic heterocycles. The van der Waals surface area contributed by atoms with Crippen molar-refractivity contribution >= 4 is 11.3 Å². The van der Waals surface area contributed by atoms with Crippen LogP contribution in [0, 0.1) is 0 Å². The summed E-state index contributed by atoms with van der Waals surface area (Å²) in [4.78, 5) is 6.87. The highest BCUT2D eigenvalue weighted by Gasteiger charge is 2.23. The van der Waals surface area contributed by atoms with Crippen molar-refractivity contribution in [3.8, 4) is 0 Å². The molecule has 0 unspecified atom stereocenters. The van der Waals surface area contributed by atoms with E-state index in [9.17, 15) is 0 Å². The summed E-state index contributed by atoms with van der Waals surface area (Å²) < 4.78 is 1.94. The summed E-state index contributed by atoms with van der Waals surface area (Å²) in [7, 11) is 4.36. The van der Waals surface area contributed by atoms with Crippen LogP contribution in [0.15, 0.2) is 18.6 Å². The molecule has 0 spiro atoms. The fourth-order valence-corrected chi connectivity index (χ4v) is 3.48. The average Bonchev–Trinajstić information content (AvgIpc) is 2.93. The first kappa shape index (κ1) is 15.3. The minimum atomic E-state index is 0.473. The molecular weight excluding hydrogens is 274 g/mol. The molecule has 0 bridgehead atoms. The van der Waals surface area contributed by atoms with Gasteiger partial charge in [-0.3, -0.25) is 0 Å². The quantitative estimate of drug-likeness (QED) is 0.942. The summed E-state index contributed by atoms with van der Waals surface area (Å²) >= 11 is 0. The molecule has 1 aliphatic rings. The van der Waals surface area contributed by atoms with Crippen LogP contribution in [0.2, 0.25) is 0 Å². The van der Waals surface area contributed by atoms with Crippen molar-refractivity contribution in [1.82, 2.24) is 19.5 Å². The maximum Gasteiger partial charge on any atom is 0.154 e. The van der Waals surface area contributed by atoms with Crippen molar-refractivity contribution in [2.24, 2.45) is 0 Å². The number of anilines is 1. The van der Waals surface area contributed by atoms with Gasteiger partial charge in [0.2, 0.25) is 0 Å². The first-order valence-electron chi connectivity index (χ1n) is 8.31. The minimum Gasteiger partial charge on any atom is -0.365 e. The minimum absolute atomic E-state index is 0.473. The molecule has 1 fully saturated rings. The zero-order valence-electron chi connectivity index (χ0n) is 14.1. The van der Waals surface area contributed by atoms with Crippen LogP contribution in [0.4, 0.5) is 5.82 Å². The Morgan fingerprint density at radius 2 is 1.95 bits per heavy atom. The van der Waals surface area contributed by atoms with Crippen molar-refractivity contribution in [2.45, 2.75) is 57.5 Å². The highest BCUT2D eigenvalue weighted by atomic mass is 15.3. The van der Waals surface area contributed by atoms with Gasteiger partial charge in [-0.1, -0.05) is 13.8 Å². The molecule has 1 N–H and O–H groups in total. The second-order valence-electron chi connectivity index (χ2n) is 6.94. The van der Waals surface area contributed by atoms with Crippen LogP contribution in [-0.4, -0.2) is 45.7 Å². The summed E-state index contributed by atoms with van der Waals surface area (Å²) in [5.41, 5.74) is 2.44. The standard InChI is InChI=1S/C17H27N5/c1-12(2)15-9-10-22-16(15)17(18-11-19-22)20-13-5-7-14(8-6-13)21(3)4/h9-14H,5-8H2,1-4H3,(H,18,19,20). The van der Waals surface area contributed by atoms with E-state index < -0.39 is 0 Å². The maximum atomic E-state index is 4.52. The van der Waals surface area contributed by atoms with Crippen molar-refractivity contribution < 1.29 is 0 Å². The molecule has 5 nitrogen and oxygen atoms in total. The molecule has 2 heterocycles. The molecular formula is C17H27N5. The molecule has 1 saturated carbocycles. The van der Waals surface area contributed by atoms with E-state index in [1.54, 1.807) is 6.33 Å². The second-order valence-corrected chi connectivity index (χ2v) is 6.94. The lowest BCUT2D eigenvalue weighted by Gasteiger charge is -2.33. The third kappa shape index (κ3) is 2.95. The number of nitrogens with one attached hydrogen (secondary N) is 1. The molecule has 1 aliphatic carbocycles. The summed E-state index contributed by atoms with van der Waals surface area (Å²) in [5, 5.41) is 8.01. The van der Waals surface area contributed by atoms with Crippen molar-refractivity contribution in [3.63, 3.8) is 0 Å². The van der Waals surface area contributed by atoms with Gasteiger partial charge in [0.25, 0.3) is 0 Å². The van der Waals surface area contributed by atoms with Crippen LogP contribution in [0.25, 0.3) is 5.52 Å². The summed E-state index contributed by atoms with van der Waals surface area (Å²) in [5.74, 6) is 1.46. The van der Waals surface area contributed by atoms with Gasteiger partial charge in [0, 0.05) is 18.3 Å². The van der Waals surface area contributed by atoms with Gasteiger partial charge in [-0.2, -0.15) is 5.10 Å². The highest BCUT2D eigenvalue weighted by molar-refractivity contribution is 5.73. The molecule has 0 aliphatic heterocycles. The van der Waals surface area contributed by atoms with Crippen LogP contribution in [0.1, 0.15) is 51.0 Å². The molecule has 120 valence electrons.